The van der Waals surface area contributed by atoms with Crippen LogP contribution in [-0.2, 0) is 14.4 Å². The number of oxime groups is 1. The highest BCUT2D eigenvalue weighted by molar-refractivity contribution is 6.30. The van der Waals surface area contributed by atoms with Gasteiger partial charge in [-0.25, -0.2) is 4.90 Å². The van der Waals surface area contributed by atoms with Gasteiger partial charge in [0.05, 0.1) is 17.8 Å². The van der Waals surface area contributed by atoms with Crippen molar-refractivity contribution in [3.8, 4) is 0 Å². The SMILES string of the molecule is CC(=O)c1ccc(N2C(=O)C[C@@]3(CC(c4ccc(Cl)cc4)=NO3)C2=O)cc1. The van der Waals surface area contributed by atoms with E-state index < -0.39 is 11.5 Å². The maximum atomic E-state index is 13.0. The van der Waals surface area contributed by atoms with Gasteiger partial charge in [0.1, 0.15) is 0 Å². The number of anilines is 1. The highest BCUT2D eigenvalue weighted by Gasteiger charge is 2.58. The van der Waals surface area contributed by atoms with E-state index in [4.69, 9.17) is 16.4 Å². The minimum atomic E-state index is -1.31. The Morgan fingerprint density at radius 1 is 1.07 bits per heavy atom. The molecule has 6 nitrogen and oxygen atoms in total. The Labute approximate surface area is 160 Å². The van der Waals surface area contributed by atoms with Crippen molar-refractivity contribution in [2.45, 2.75) is 25.4 Å². The van der Waals surface area contributed by atoms with E-state index in [-0.39, 0.29) is 24.5 Å². The molecule has 27 heavy (non-hydrogen) atoms. The summed E-state index contributed by atoms with van der Waals surface area (Å²) in [6.45, 7) is 1.46. The average Bonchev–Trinajstić information content (AvgIpc) is 3.17. The van der Waals surface area contributed by atoms with Crippen molar-refractivity contribution in [3.63, 3.8) is 0 Å². The summed E-state index contributed by atoms with van der Waals surface area (Å²) in [5.41, 5.74) is 1.00. The summed E-state index contributed by atoms with van der Waals surface area (Å²) < 4.78 is 0. The second kappa shape index (κ2) is 6.32. The summed E-state index contributed by atoms with van der Waals surface area (Å²) in [6, 6.07) is 13.4. The Bertz CT molecular complexity index is 982. The first kappa shape index (κ1) is 17.4. The van der Waals surface area contributed by atoms with Crippen molar-refractivity contribution in [2.24, 2.45) is 5.16 Å². The van der Waals surface area contributed by atoms with Gasteiger partial charge in [-0.1, -0.05) is 28.9 Å². The number of carbonyl (C=O) groups excluding carboxylic acids is 3. The molecule has 1 spiro atoms. The molecule has 2 aliphatic heterocycles. The topological polar surface area (TPSA) is 76.0 Å². The molecule has 2 heterocycles. The molecule has 136 valence electrons. The van der Waals surface area contributed by atoms with E-state index in [0.29, 0.717) is 22.0 Å². The number of hydrogen-bond acceptors (Lipinski definition) is 5. The predicted octanol–water partition coefficient (Wildman–Crippen LogP) is 3.37. The van der Waals surface area contributed by atoms with Crippen LogP contribution in [0.15, 0.2) is 53.7 Å². The molecular formula is C20H15ClN2O4. The molecule has 0 unspecified atom stereocenters. The van der Waals surface area contributed by atoms with Gasteiger partial charge in [0.15, 0.2) is 5.78 Å². The molecule has 0 aromatic heterocycles. The molecule has 0 saturated carbocycles. The van der Waals surface area contributed by atoms with Crippen LogP contribution in [0.4, 0.5) is 5.69 Å². The standard InChI is InChI=1S/C20H15ClN2O4/c1-12(24)13-4-8-16(9-5-13)23-18(25)11-20(19(23)26)10-17(22-27-20)14-2-6-15(21)7-3-14/h2-9H,10-11H2,1H3/t20-/m0/s1. The molecule has 0 bridgehead atoms. The van der Waals surface area contributed by atoms with E-state index in [9.17, 15) is 14.4 Å². The van der Waals surface area contributed by atoms with Gasteiger partial charge in [-0.2, -0.15) is 0 Å². The molecule has 0 N–H and O–H groups in total. The van der Waals surface area contributed by atoms with Crippen LogP contribution in [-0.4, -0.2) is 28.9 Å². The van der Waals surface area contributed by atoms with Crippen LogP contribution in [0.3, 0.4) is 0 Å². The monoisotopic (exact) mass is 382 g/mol. The molecule has 1 atom stereocenters. The predicted molar refractivity (Wildman–Crippen MR) is 100.0 cm³/mol. The Morgan fingerprint density at radius 3 is 2.37 bits per heavy atom. The first-order chi connectivity index (χ1) is 12.9. The number of nitrogens with zero attached hydrogens (tertiary/aromatic N) is 2. The number of Topliss-reactive ketones (excluding diaryl/α,β-unsaturated/α-hetero) is 1. The zero-order valence-corrected chi connectivity index (χ0v) is 15.2. The van der Waals surface area contributed by atoms with Gasteiger partial charge in [0.2, 0.25) is 11.5 Å². The third-order valence-corrected chi connectivity index (χ3v) is 5.02. The number of halogens is 1. The van der Waals surface area contributed by atoms with E-state index in [2.05, 4.69) is 5.16 Å². The summed E-state index contributed by atoms with van der Waals surface area (Å²) in [5, 5.41) is 4.65. The second-order valence-electron chi connectivity index (χ2n) is 6.62. The number of ketones is 1. The molecule has 0 radical (unpaired) electrons. The molecule has 2 aromatic rings. The summed E-state index contributed by atoms with van der Waals surface area (Å²) in [5.74, 6) is -0.892. The van der Waals surface area contributed by atoms with Crippen LogP contribution in [0.1, 0.15) is 35.7 Å². The van der Waals surface area contributed by atoms with Gasteiger partial charge in [-0.15, -0.1) is 0 Å². The van der Waals surface area contributed by atoms with Crippen molar-refractivity contribution < 1.29 is 19.2 Å². The van der Waals surface area contributed by atoms with Crippen LogP contribution < -0.4 is 4.90 Å². The molecular weight excluding hydrogens is 368 g/mol. The van der Waals surface area contributed by atoms with Gasteiger partial charge in [-0.05, 0) is 48.9 Å². The fourth-order valence-corrected chi connectivity index (χ4v) is 3.43. The molecule has 1 fully saturated rings. The van der Waals surface area contributed by atoms with Gasteiger partial charge >= 0.3 is 0 Å². The van der Waals surface area contributed by atoms with Crippen LogP contribution in [0.25, 0.3) is 0 Å². The first-order valence-electron chi connectivity index (χ1n) is 8.39. The van der Waals surface area contributed by atoms with Gasteiger partial charge in [-0.3, -0.25) is 14.4 Å². The number of hydrogen-bond donors (Lipinski definition) is 0. The van der Waals surface area contributed by atoms with E-state index >= 15 is 0 Å². The molecule has 1 saturated heterocycles. The summed E-state index contributed by atoms with van der Waals surface area (Å²) in [4.78, 5) is 43.5. The lowest BCUT2D eigenvalue weighted by Crippen LogP contribution is -2.40. The van der Waals surface area contributed by atoms with Crippen LogP contribution in [0.5, 0.6) is 0 Å². The maximum absolute atomic E-state index is 13.0. The zero-order chi connectivity index (χ0) is 19.2. The molecule has 2 aromatic carbocycles. The zero-order valence-electron chi connectivity index (χ0n) is 14.4. The van der Waals surface area contributed by atoms with Gasteiger partial charge in [0, 0.05) is 17.0 Å². The van der Waals surface area contributed by atoms with Crippen LogP contribution in [0.2, 0.25) is 5.02 Å². The molecule has 7 heteroatoms. The average molecular weight is 383 g/mol. The number of rotatable bonds is 3. The number of carbonyl (C=O) groups is 3. The van der Waals surface area contributed by atoms with E-state index in [1.54, 1.807) is 48.5 Å². The molecule has 2 amide bonds. The van der Waals surface area contributed by atoms with Crippen molar-refractivity contribution >= 4 is 40.6 Å². The lowest BCUT2D eigenvalue weighted by molar-refractivity contribution is -0.136. The van der Waals surface area contributed by atoms with E-state index in [1.807, 2.05) is 0 Å². The largest absolute Gasteiger partial charge is 0.378 e. The quantitative estimate of drug-likeness (QED) is 0.602. The Kier molecular flexibility index (Phi) is 4.08. The third-order valence-electron chi connectivity index (χ3n) is 4.77. The minimum Gasteiger partial charge on any atom is -0.378 e. The summed E-state index contributed by atoms with van der Waals surface area (Å²) in [7, 11) is 0. The van der Waals surface area contributed by atoms with Crippen molar-refractivity contribution in [2.75, 3.05) is 4.90 Å². The van der Waals surface area contributed by atoms with Crippen molar-refractivity contribution in [1.82, 2.24) is 0 Å². The Hall–Kier alpha value is -2.99. The smallest absolute Gasteiger partial charge is 0.281 e. The highest BCUT2D eigenvalue weighted by Crippen LogP contribution is 2.39. The minimum absolute atomic E-state index is 0.0825. The van der Waals surface area contributed by atoms with Crippen molar-refractivity contribution in [1.29, 1.82) is 0 Å². The van der Waals surface area contributed by atoms with Gasteiger partial charge < -0.3 is 4.84 Å². The molecule has 0 aliphatic carbocycles. The van der Waals surface area contributed by atoms with E-state index in [0.717, 1.165) is 10.5 Å². The number of amides is 2. The van der Waals surface area contributed by atoms with E-state index in [1.165, 1.54) is 6.92 Å². The van der Waals surface area contributed by atoms with Crippen molar-refractivity contribution in [3.05, 3.63) is 64.7 Å². The first-order valence-corrected chi connectivity index (χ1v) is 8.77. The lowest BCUT2D eigenvalue weighted by Gasteiger charge is -2.19. The summed E-state index contributed by atoms with van der Waals surface area (Å²) >= 11 is 5.90. The maximum Gasteiger partial charge on any atom is 0.281 e. The number of imide groups is 1. The Balaban J connectivity index is 1.58. The Morgan fingerprint density at radius 2 is 1.74 bits per heavy atom. The molecule has 4 rings (SSSR count). The second-order valence-corrected chi connectivity index (χ2v) is 7.06. The third kappa shape index (κ3) is 2.92. The van der Waals surface area contributed by atoms with Crippen LogP contribution >= 0.6 is 11.6 Å². The van der Waals surface area contributed by atoms with Crippen LogP contribution in [0, 0.1) is 0 Å². The fourth-order valence-electron chi connectivity index (χ4n) is 3.31. The fraction of sp³-hybridized carbons (Fsp3) is 0.200. The van der Waals surface area contributed by atoms with Gasteiger partial charge in [0.25, 0.3) is 5.91 Å². The normalized spacial score (nSPS) is 21.6. The highest BCUT2D eigenvalue weighted by atomic mass is 35.5. The molecule has 2 aliphatic rings. The number of benzene rings is 2. The summed E-state index contributed by atoms with van der Waals surface area (Å²) in [6.07, 6.45) is 0.127. The lowest BCUT2D eigenvalue weighted by atomic mass is 9.92.